The molecule has 0 bridgehead atoms. The Bertz CT molecular complexity index is 946. The van der Waals surface area contributed by atoms with Gasteiger partial charge in [0.2, 0.25) is 5.95 Å². The first-order chi connectivity index (χ1) is 12.0. The molecule has 25 heavy (non-hydrogen) atoms. The Morgan fingerprint density at radius 3 is 2.68 bits per heavy atom. The summed E-state index contributed by atoms with van der Waals surface area (Å²) in [5.74, 6) is 0.886. The summed E-state index contributed by atoms with van der Waals surface area (Å²) in [4.78, 5) is 30.6. The van der Waals surface area contributed by atoms with Gasteiger partial charge in [-0.15, -0.1) is 0 Å². The standard InChI is InChI=1S/C17H17N5O3/c1-11-9-15(23)20-17(18-11)22-14(8-12(2)21-22)19-16(24)10-25-13-6-4-3-5-7-13/h3-9H,10H2,1-2H3,(H,19,24)(H,18,20,23). The van der Waals surface area contributed by atoms with Crippen LogP contribution in [0.5, 0.6) is 5.75 Å². The number of rotatable bonds is 5. The second kappa shape index (κ2) is 7.00. The molecule has 128 valence electrons. The minimum Gasteiger partial charge on any atom is -0.484 e. The van der Waals surface area contributed by atoms with Crippen LogP contribution in [0.3, 0.4) is 0 Å². The number of H-pyrrole nitrogens is 1. The molecule has 1 amide bonds. The van der Waals surface area contributed by atoms with Crippen LogP contribution < -0.4 is 15.6 Å². The van der Waals surface area contributed by atoms with Crippen molar-refractivity contribution >= 4 is 11.7 Å². The quantitative estimate of drug-likeness (QED) is 0.735. The van der Waals surface area contributed by atoms with Gasteiger partial charge >= 0.3 is 0 Å². The average Bonchev–Trinajstić information content (AvgIpc) is 2.93. The second-order valence-corrected chi connectivity index (χ2v) is 5.44. The van der Waals surface area contributed by atoms with Gasteiger partial charge in [0, 0.05) is 17.8 Å². The molecule has 3 aromatic rings. The first-order valence-corrected chi connectivity index (χ1v) is 7.64. The minimum atomic E-state index is -0.347. The molecule has 0 fully saturated rings. The van der Waals surface area contributed by atoms with Crippen LogP contribution in [0.4, 0.5) is 5.82 Å². The van der Waals surface area contributed by atoms with E-state index in [4.69, 9.17) is 4.74 Å². The molecule has 0 spiro atoms. The molecule has 0 aliphatic rings. The monoisotopic (exact) mass is 339 g/mol. The summed E-state index contributed by atoms with van der Waals surface area (Å²) in [5, 5.41) is 6.98. The van der Waals surface area contributed by atoms with Crippen LogP contribution in [-0.4, -0.2) is 32.3 Å². The fraction of sp³-hybridized carbons (Fsp3) is 0.176. The normalized spacial score (nSPS) is 10.5. The summed E-state index contributed by atoms with van der Waals surface area (Å²) in [5.41, 5.74) is 0.931. The Morgan fingerprint density at radius 1 is 1.20 bits per heavy atom. The highest BCUT2D eigenvalue weighted by Gasteiger charge is 2.13. The summed E-state index contributed by atoms with van der Waals surface area (Å²) < 4.78 is 6.79. The van der Waals surface area contributed by atoms with Crippen molar-refractivity contribution in [3.63, 3.8) is 0 Å². The predicted octanol–water partition coefficient (Wildman–Crippen LogP) is 1.59. The number of anilines is 1. The van der Waals surface area contributed by atoms with Crippen molar-refractivity contribution in [2.45, 2.75) is 13.8 Å². The van der Waals surface area contributed by atoms with Gasteiger partial charge in [0.25, 0.3) is 11.5 Å². The molecule has 1 aromatic carbocycles. The van der Waals surface area contributed by atoms with Crippen molar-refractivity contribution in [1.82, 2.24) is 19.7 Å². The molecular formula is C17H17N5O3. The predicted molar refractivity (Wildman–Crippen MR) is 92.0 cm³/mol. The van der Waals surface area contributed by atoms with Gasteiger partial charge in [0.05, 0.1) is 5.69 Å². The molecule has 0 unspecified atom stereocenters. The van der Waals surface area contributed by atoms with Gasteiger partial charge in [-0.1, -0.05) is 18.2 Å². The number of nitrogens with zero attached hydrogens (tertiary/aromatic N) is 3. The highest BCUT2D eigenvalue weighted by Crippen LogP contribution is 2.14. The lowest BCUT2D eigenvalue weighted by atomic mass is 10.3. The zero-order chi connectivity index (χ0) is 17.8. The molecule has 0 saturated heterocycles. The third-order valence-electron chi connectivity index (χ3n) is 3.27. The Hall–Kier alpha value is -3.42. The maximum absolute atomic E-state index is 12.1. The van der Waals surface area contributed by atoms with Crippen molar-refractivity contribution in [1.29, 1.82) is 0 Å². The number of carbonyl (C=O) groups is 1. The van der Waals surface area contributed by atoms with E-state index in [1.54, 1.807) is 32.0 Å². The molecule has 0 aliphatic heterocycles. The third-order valence-corrected chi connectivity index (χ3v) is 3.27. The maximum Gasteiger partial charge on any atom is 0.263 e. The summed E-state index contributed by atoms with van der Waals surface area (Å²) in [6.07, 6.45) is 0. The molecule has 0 saturated carbocycles. The van der Waals surface area contributed by atoms with Gasteiger partial charge in [-0.05, 0) is 26.0 Å². The molecule has 0 atom stereocenters. The highest BCUT2D eigenvalue weighted by molar-refractivity contribution is 5.91. The third kappa shape index (κ3) is 4.11. The zero-order valence-corrected chi connectivity index (χ0v) is 13.8. The van der Waals surface area contributed by atoms with Crippen molar-refractivity contribution in [3.8, 4) is 11.7 Å². The van der Waals surface area contributed by atoms with Crippen molar-refractivity contribution in [2.75, 3.05) is 11.9 Å². The Morgan fingerprint density at radius 2 is 1.96 bits per heavy atom. The first kappa shape index (κ1) is 16.4. The van der Waals surface area contributed by atoms with E-state index in [0.717, 1.165) is 0 Å². The number of aromatic nitrogens is 4. The van der Waals surface area contributed by atoms with Crippen molar-refractivity contribution in [2.24, 2.45) is 0 Å². The molecule has 3 rings (SSSR count). The first-order valence-electron chi connectivity index (χ1n) is 7.64. The number of aromatic amines is 1. The van der Waals surface area contributed by atoms with Gasteiger partial charge in [0.15, 0.2) is 6.61 Å². The number of aryl methyl sites for hydroxylation is 2. The lowest BCUT2D eigenvalue weighted by Gasteiger charge is -2.09. The van der Waals surface area contributed by atoms with Crippen LogP contribution in [0.2, 0.25) is 0 Å². The number of ether oxygens (including phenoxy) is 1. The molecule has 0 aliphatic carbocycles. The van der Waals surface area contributed by atoms with Crippen LogP contribution in [0, 0.1) is 13.8 Å². The van der Waals surface area contributed by atoms with Crippen molar-refractivity contribution in [3.05, 3.63) is 64.2 Å². The Kier molecular flexibility index (Phi) is 4.60. The highest BCUT2D eigenvalue weighted by atomic mass is 16.5. The van der Waals surface area contributed by atoms with Gasteiger partial charge in [-0.25, -0.2) is 4.98 Å². The van der Waals surface area contributed by atoms with E-state index in [1.165, 1.54) is 10.7 Å². The summed E-state index contributed by atoms with van der Waals surface area (Å²) in [6, 6.07) is 12.1. The number of para-hydroxylation sites is 1. The summed E-state index contributed by atoms with van der Waals surface area (Å²) in [7, 11) is 0. The average molecular weight is 339 g/mol. The Balaban J connectivity index is 1.76. The largest absolute Gasteiger partial charge is 0.484 e. The SMILES string of the molecule is Cc1cc(=O)[nH]c(-n2nc(C)cc2NC(=O)COc2ccccc2)n1. The topological polar surface area (TPSA) is 102 Å². The number of hydrogen-bond donors (Lipinski definition) is 2. The van der Waals surface area contributed by atoms with E-state index in [0.29, 0.717) is 23.0 Å². The number of hydrogen-bond acceptors (Lipinski definition) is 5. The molecule has 0 radical (unpaired) electrons. The molecule has 2 heterocycles. The number of amides is 1. The smallest absolute Gasteiger partial charge is 0.263 e. The van der Waals surface area contributed by atoms with Crippen LogP contribution in [0.15, 0.2) is 47.3 Å². The fourth-order valence-electron chi connectivity index (χ4n) is 2.26. The molecule has 8 nitrogen and oxygen atoms in total. The van der Waals surface area contributed by atoms with E-state index in [9.17, 15) is 9.59 Å². The maximum atomic E-state index is 12.1. The number of nitrogens with one attached hydrogen (secondary N) is 2. The fourth-order valence-corrected chi connectivity index (χ4v) is 2.26. The lowest BCUT2D eigenvalue weighted by Crippen LogP contribution is -2.23. The van der Waals surface area contributed by atoms with E-state index in [2.05, 4.69) is 20.4 Å². The summed E-state index contributed by atoms with van der Waals surface area (Å²) >= 11 is 0. The van der Waals surface area contributed by atoms with Crippen LogP contribution >= 0.6 is 0 Å². The minimum absolute atomic E-state index is 0.147. The van der Waals surface area contributed by atoms with Crippen LogP contribution in [-0.2, 0) is 4.79 Å². The molecule has 8 heteroatoms. The van der Waals surface area contributed by atoms with Gasteiger partial charge < -0.3 is 10.1 Å². The van der Waals surface area contributed by atoms with E-state index < -0.39 is 0 Å². The molecule has 2 N–H and O–H groups in total. The van der Waals surface area contributed by atoms with E-state index >= 15 is 0 Å². The second-order valence-electron chi connectivity index (χ2n) is 5.44. The van der Waals surface area contributed by atoms with Crippen LogP contribution in [0.1, 0.15) is 11.4 Å². The summed E-state index contributed by atoms with van der Waals surface area (Å²) in [6.45, 7) is 3.34. The number of carbonyl (C=O) groups excluding carboxylic acids is 1. The molecular weight excluding hydrogens is 322 g/mol. The van der Waals surface area contributed by atoms with E-state index in [-0.39, 0.29) is 24.0 Å². The van der Waals surface area contributed by atoms with E-state index in [1.807, 2.05) is 18.2 Å². The van der Waals surface area contributed by atoms with Gasteiger partial charge in [0.1, 0.15) is 11.6 Å². The van der Waals surface area contributed by atoms with Crippen molar-refractivity contribution < 1.29 is 9.53 Å². The zero-order valence-electron chi connectivity index (χ0n) is 13.8. The van der Waals surface area contributed by atoms with Gasteiger partial charge in [-0.3, -0.25) is 14.6 Å². The molecule has 2 aromatic heterocycles. The van der Waals surface area contributed by atoms with Gasteiger partial charge in [-0.2, -0.15) is 9.78 Å². The lowest BCUT2D eigenvalue weighted by molar-refractivity contribution is -0.118. The number of benzene rings is 1. The van der Waals surface area contributed by atoms with Crippen LogP contribution in [0.25, 0.3) is 5.95 Å². The Labute approximate surface area is 143 Å².